The third-order valence-corrected chi connectivity index (χ3v) is 6.55. The first kappa shape index (κ1) is 25.0. The lowest BCUT2D eigenvalue weighted by Gasteiger charge is -2.29. The molecule has 2 atom stereocenters. The monoisotopic (exact) mass is 520 g/mol. The van der Waals surface area contributed by atoms with Crippen molar-refractivity contribution in [2.45, 2.75) is 25.3 Å². The third-order valence-electron chi connectivity index (χ3n) is 6.55. The molecule has 2 N–H and O–H groups in total. The summed E-state index contributed by atoms with van der Waals surface area (Å²) in [5.41, 5.74) is 0.836. The minimum atomic E-state index is -1.09. The number of hydrogen-bond donors (Lipinski definition) is 2. The summed E-state index contributed by atoms with van der Waals surface area (Å²) < 4.78 is 32.1. The number of fused-ring (bicyclic) bond motifs is 1. The van der Waals surface area contributed by atoms with Crippen molar-refractivity contribution in [1.82, 2.24) is 15.0 Å². The minimum absolute atomic E-state index is 0.192. The van der Waals surface area contributed by atoms with E-state index < -0.39 is 47.2 Å². The number of hydrogen-bond acceptors (Lipinski definition) is 6. The van der Waals surface area contributed by atoms with Gasteiger partial charge in [-0.2, -0.15) is 5.10 Å². The molecule has 0 saturated heterocycles. The summed E-state index contributed by atoms with van der Waals surface area (Å²) >= 11 is 0. The van der Waals surface area contributed by atoms with Gasteiger partial charge >= 0.3 is 11.7 Å². The van der Waals surface area contributed by atoms with Crippen LogP contribution in [0, 0.1) is 17.6 Å². The Labute approximate surface area is 214 Å². The van der Waals surface area contributed by atoms with Crippen LogP contribution in [-0.4, -0.2) is 39.2 Å². The van der Waals surface area contributed by atoms with E-state index in [9.17, 15) is 28.0 Å². The van der Waals surface area contributed by atoms with Crippen LogP contribution in [-0.2, 0) is 9.53 Å². The van der Waals surface area contributed by atoms with E-state index in [1.807, 2.05) is 11.1 Å². The maximum Gasteiger partial charge on any atom is 0.345 e. The van der Waals surface area contributed by atoms with Crippen molar-refractivity contribution in [3.05, 3.63) is 109 Å². The molecule has 1 aromatic heterocycles. The second-order valence-electron chi connectivity index (χ2n) is 9.00. The van der Waals surface area contributed by atoms with Gasteiger partial charge in [0.1, 0.15) is 17.2 Å². The molecule has 2 heterocycles. The van der Waals surface area contributed by atoms with E-state index in [1.165, 1.54) is 29.3 Å². The molecule has 1 aliphatic carbocycles. The number of aromatic nitrogens is 2. The van der Waals surface area contributed by atoms with Crippen LogP contribution in [0.5, 0.6) is 0 Å². The molecule has 2 aromatic carbocycles. The lowest BCUT2D eigenvalue weighted by molar-refractivity contribution is -0.137. The van der Waals surface area contributed by atoms with Gasteiger partial charge in [0.25, 0.3) is 11.5 Å². The SMILES string of the molecule is O=C(OCC(=O)N1N=C2C(=Cc3ccc(F)cc3)CCCC2C1c1ccc(F)cc1)c1c[nH]c(=O)[nH]c1=O. The normalized spacial score (nSPS) is 19.7. The molecule has 3 aromatic rings. The number of esters is 1. The van der Waals surface area contributed by atoms with Crippen molar-refractivity contribution in [3.63, 3.8) is 0 Å². The molecule has 0 radical (unpaired) electrons. The van der Waals surface area contributed by atoms with Crippen molar-refractivity contribution >= 4 is 23.7 Å². The van der Waals surface area contributed by atoms with E-state index in [2.05, 4.69) is 10.1 Å². The van der Waals surface area contributed by atoms with E-state index in [-0.39, 0.29) is 11.7 Å². The number of carbonyl (C=O) groups is 2. The molecular weight excluding hydrogens is 498 g/mol. The minimum Gasteiger partial charge on any atom is -0.452 e. The van der Waals surface area contributed by atoms with Crippen molar-refractivity contribution in [1.29, 1.82) is 0 Å². The smallest absolute Gasteiger partial charge is 0.345 e. The van der Waals surface area contributed by atoms with Crippen molar-refractivity contribution in [2.24, 2.45) is 11.0 Å². The number of nitrogens with one attached hydrogen (secondary N) is 2. The van der Waals surface area contributed by atoms with Gasteiger partial charge in [-0.15, -0.1) is 0 Å². The first-order valence-corrected chi connectivity index (χ1v) is 11.9. The standard InChI is InChI=1S/C27H22F2N4O5/c28-18-8-4-15(5-9-18)12-17-2-1-3-20-23(17)32-33(24(20)16-6-10-19(29)11-7-16)22(34)14-38-26(36)21-13-30-27(37)31-25(21)35/h4-13,20,24H,1-3,14H2,(H2,30,31,35,37). The summed E-state index contributed by atoms with van der Waals surface area (Å²) in [6.07, 6.45) is 5.06. The zero-order valence-corrected chi connectivity index (χ0v) is 19.9. The number of halogens is 2. The predicted octanol–water partition coefficient (Wildman–Crippen LogP) is 3.32. The number of benzene rings is 2. The molecule has 5 rings (SSSR count). The number of hydrazone groups is 1. The Morgan fingerprint density at radius 2 is 1.74 bits per heavy atom. The molecular formula is C27H22F2N4O5. The van der Waals surface area contributed by atoms with Crippen LogP contribution in [0.1, 0.15) is 46.8 Å². The number of rotatable bonds is 5. The molecule has 38 heavy (non-hydrogen) atoms. The topological polar surface area (TPSA) is 125 Å². The number of H-pyrrole nitrogens is 2. The highest BCUT2D eigenvalue weighted by molar-refractivity contribution is 6.08. The first-order valence-electron chi connectivity index (χ1n) is 11.9. The van der Waals surface area contributed by atoms with Crippen LogP contribution in [0.3, 0.4) is 0 Å². The average molecular weight is 520 g/mol. The summed E-state index contributed by atoms with van der Waals surface area (Å²) in [7, 11) is 0. The highest BCUT2D eigenvalue weighted by atomic mass is 19.1. The highest BCUT2D eigenvalue weighted by Gasteiger charge is 2.43. The van der Waals surface area contributed by atoms with E-state index in [0.29, 0.717) is 17.7 Å². The Bertz CT molecular complexity index is 1560. The number of amides is 1. The Kier molecular flexibility index (Phi) is 6.82. The molecule has 0 spiro atoms. The lowest BCUT2D eigenvalue weighted by atomic mass is 9.77. The van der Waals surface area contributed by atoms with Crippen LogP contribution in [0.4, 0.5) is 8.78 Å². The van der Waals surface area contributed by atoms with Gasteiger partial charge in [-0.3, -0.25) is 14.6 Å². The second-order valence-corrected chi connectivity index (χ2v) is 9.00. The number of carbonyl (C=O) groups excluding carboxylic acids is 2. The number of ether oxygens (including phenoxy) is 1. The van der Waals surface area contributed by atoms with E-state index in [1.54, 1.807) is 24.3 Å². The highest BCUT2D eigenvalue weighted by Crippen LogP contribution is 2.44. The lowest BCUT2D eigenvalue weighted by Crippen LogP contribution is -2.35. The number of allylic oxidation sites excluding steroid dienone is 1. The van der Waals surface area contributed by atoms with Gasteiger partial charge in [0, 0.05) is 12.1 Å². The molecule has 0 bridgehead atoms. The average Bonchev–Trinajstić information content (AvgIpc) is 3.30. The third kappa shape index (κ3) is 5.08. The van der Waals surface area contributed by atoms with Crippen molar-refractivity contribution in [2.75, 3.05) is 6.61 Å². The molecule has 11 heteroatoms. The van der Waals surface area contributed by atoms with Gasteiger partial charge in [-0.05, 0) is 66.3 Å². The molecule has 1 aliphatic heterocycles. The maximum absolute atomic E-state index is 13.7. The van der Waals surface area contributed by atoms with Gasteiger partial charge in [-0.1, -0.05) is 24.3 Å². The van der Waals surface area contributed by atoms with Crippen molar-refractivity contribution < 1.29 is 23.1 Å². The Hall–Kier alpha value is -4.67. The van der Waals surface area contributed by atoms with E-state index in [0.717, 1.165) is 30.2 Å². The maximum atomic E-state index is 13.7. The van der Waals surface area contributed by atoms with E-state index in [4.69, 9.17) is 4.74 Å². The van der Waals surface area contributed by atoms with Gasteiger partial charge in [-0.25, -0.2) is 23.4 Å². The Balaban J connectivity index is 1.44. The number of aromatic amines is 2. The van der Waals surface area contributed by atoms with Gasteiger partial charge < -0.3 is 9.72 Å². The van der Waals surface area contributed by atoms with Crippen LogP contribution in [0.15, 0.2) is 75.0 Å². The first-order chi connectivity index (χ1) is 18.3. The molecule has 1 amide bonds. The fourth-order valence-electron chi connectivity index (χ4n) is 4.79. The molecule has 2 aliphatic rings. The Morgan fingerprint density at radius 3 is 2.42 bits per heavy atom. The second kappa shape index (κ2) is 10.4. The van der Waals surface area contributed by atoms with Crippen LogP contribution in [0.2, 0.25) is 0 Å². The van der Waals surface area contributed by atoms with E-state index >= 15 is 0 Å². The largest absolute Gasteiger partial charge is 0.452 e. The summed E-state index contributed by atoms with van der Waals surface area (Å²) in [6.45, 7) is -0.713. The van der Waals surface area contributed by atoms with Crippen LogP contribution in [0.25, 0.3) is 6.08 Å². The van der Waals surface area contributed by atoms with Crippen LogP contribution >= 0.6 is 0 Å². The van der Waals surface area contributed by atoms with Gasteiger partial charge in [0.05, 0.1) is 11.8 Å². The zero-order valence-electron chi connectivity index (χ0n) is 19.9. The van der Waals surface area contributed by atoms with Gasteiger partial charge in [0.2, 0.25) is 0 Å². The number of nitrogens with zero attached hydrogens (tertiary/aromatic N) is 2. The summed E-state index contributed by atoms with van der Waals surface area (Å²) in [4.78, 5) is 52.8. The van der Waals surface area contributed by atoms with Gasteiger partial charge in [0.15, 0.2) is 6.61 Å². The molecule has 1 saturated carbocycles. The summed E-state index contributed by atoms with van der Waals surface area (Å²) in [6, 6.07) is 11.2. The quantitative estimate of drug-likeness (QED) is 0.500. The summed E-state index contributed by atoms with van der Waals surface area (Å²) in [5, 5.41) is 5.86. The van der Waals surface area contributed by atoms with Crippen molar-refractivity contribution in [3.8, 4) is 0 Å². The molecule has 194 valence electrons. The molecule has 2 unspecified atom stereocenters. The molecule has 9 nitrogen and oxygen atoms in total. The van der Waals surface area contributed by atoms with Crippen LogP contribution < -0.4 is 11.2 Å². The fourth-order valence-corrected chi connectivity index (χ4v) is 4.79. The fraction of sp³-hybridized carbons (Fsp3) is 0.222. The Morgan fingerprint density at radius 1 is 1.05 bits per heavy atom. The molecule has 1 fully saturated rings. The predicted molar refractivity (Wildman–Crippen MR) is 133 cm³/mol. The summed E-state index contributed by atoms with van der Waals surface area (Å²) in [5.74, 6) is -2.70. The zero-order chi connectivity index (χ0) is 26.8.